The van der Waals surface area contributed by atoms with Crippen LogP contribution >= 0.6 is 15.9 Å². The molecule has 0 aliphatic carbocycles. The molecule has 2 aromatic rings. The molecule has 2 rings (SSSR count). The van der Waals surface area contributed by atoms with Crippen LogP contribution in [0.25, 0.3) is 0 Å². The number of carbonyl (C=O) groups excluding carboxylic acids is 1. The first kappa shape index (κ1) is 12.8. The Morgan fingerprint density at radius 2 is 2.06 bits per heavy atom. The summed E-state index contributed by atoms with van der Waals surface area (Å²) in [5.74, 6) is 0.535. The maximum atomic E-state index is 11.8. The number of halogens is 1. The van der Waals surface area contributed by atoms with Crippen molar-refractivity contribution in [3.8, 4) is 0 Å². The van der Waals surface area contributed by atoms with Gasteiger partial charge in [-0.15, -0.1) is 0 Å². The second-order valence-corrected chi connectivity index (χ2v) is 5.06. The number of nitrogens with zero attached hydrogens (tertiary/aromatic N) is 2. The predicted molar refractivity (Wildman–Crippen MR) is 74.4 cm³/mol. The number of hydrogen-bond acceptors (Lipinski definition) is 2. The quantitative estimate of drug-likeness (QED) is 0.947. The van der Waals surface area contributed by atoms with Crippen LogP contribution in [0.1, 0.15) is 11.3 Å². The second-order valence-electron chi connectivity index (χ2n) is 4.15. The number of carbonyl (C=O) groups is 1. The van der Waals surface area contributed by atoms with E-state index in [0.29, 0.717) is 12.2 Å². The van der Waals surface area contributed by atoms with Crippen molar-refractivity contribution in [2.45, 2.75) is 13.3 Å². The van der Waals surface area contributed by atoms with Crippen LogP contribution in [0, 0.1) is 6.92 Å². The number of hydrogen-bond donors (Lipinski definition) is 1. The fourth-order valence-electron chi connectivity index (χ4n) is 1.60. The van der Waals surface area contributed by atoms with E-state index in [9.17, 15) is 4.79 Å². The summed E-state index contributed by atoms with van der Waals surface area (Å²) in [6.45, 7) is 1.94. The van der Waals surface area contributed by atoms with E-state index >= 15 is 0 Å². The fourth-order valence-corrected chi connectivity index (χ4v) is 1.86. The molecule has 1 aromatic heterocycles. The minimum absolute atomic E-state index is 0.0598. The maximum Gasteiger partial charge on any atom is 0.229 e. The Kier molecular flexibility index (Phi) is 3.81. The van der Waals surface area contributed by atoms with Gasteiger partial charge in [-0.1, -0.05) is 28.1 Å². The Morgan fingerprint density at radius 3 is 2.61 bits per heavy atom. The lowest BCUT2D eigenvalue weighted by molar-refractivity contribution is -0.115. The number of anilines is 1. The molecule has 0 fully saturated rings. The molecule has 1 amide bonds. The van der Waals surface area contributed by atoms with E-state index in [-0.39, 0.29) is 5.91 Å². The summed E-state index contributed by atoms with van der Waals surface area (Å²) in [4.78, 5) is 11.8. The van der Waals surface area contributed by atoms with Gasteiger partial charge >= 0.3 is 0 Å². The third kappa shape index (κ3) is 3.20. The summed E-state index contributed by atoms with van der Waals surface area (Å²) in [5, 5.41) is 6.97. The topological polar surface area (TPSA) is 46.9 Å². The second kappa shape index (κ2) is 5.35. The lowest BCUT2D eigenvalue weighted by Crippen LogP contribution is -2.14. The average molecular weight is 308 g/mol. The van der Waals surface area contributed by atoms with Crippen molar-refractivity contribution in [2.75, 3.05) is 5.32 Å². The molecule has 1 N–H and O–H groups in total. The van der Waals surface area contributed by atoms with Crippen LogP contribution in [0.4, 0.5) is 5.82 Å². The first-order valence-corrected chi connectivity index (χ1v) is 6.39. The van der Waals surface area contributed by atoms with Gasteiger partial charge in [0.15, 0.2) is 5.82 Å². The van der Waals surface area contributed by atoms with Gasteiger partial charge in [0.25, 0.3) is 0 Å². The SMILES string of the molecule is Cc1cc(NC(=O)Cc2ccc(Br)cc2)nn1C. The van der Waals surface area contributed by atoms with E-state index in [1.165, 1.54) is 0 Å². The molecule has 0 radical (unpaired) electrons. The first-order valence-electron chi connectivity index (χ1n) is 5.59. The van der Waals surface area contributed by atoms with Gasteiger partial charge in [-0.25, -0.2) is 0 Å². The highest BCUT2D eigenvalue weighted by atomic mass is 79.9. The standard InChI is InChI=1S/C13H14BrN3O/c1-9-7-12(16-17(9)2)15-13(18)8-10-3-5-11(14)6-4-10/h3-7H,8H2,1-2H3,(H,15,16,18). The van der Waals surface area contributed by atoms with Crippen LogP contribution in [-0.4, -0.2) is 15.7 Å². The highest BCUT2D eigenvalue weighted by Gasteiger charge is 2.07. The van der Waals surface area contributed by atoms with Gasteiger partial charge in [0.2, 0.25) is 5.91 Å². The molecule has 0 saturated carbocycles. The molecule has 4 nitrogen and oxygen atoms in total. The molecular weight excluding hydrogens is 294 g/mol. The molecule has 1 aromatic carbocycles. The van der Waals surface area contributed by atoms with Crippen molar-refractivity contribution in [1.82, 2.24) is 9.78 Å². The molecule has 0 atom stereocenters. The summed E-state index contributed by atoms with van der Waals surface area (Å²) in [6.07, 6.45) is 0.350. The predicted octanol–water partition coefficient (Wildman–Crippen LogP) is 2.67. The normalized spacial score (nSPS) is 10.4. The van der Waals surface area contributed by atoms with E-state index < -0.39 is 0 Å². The monoisotopic (exact) mass is 307 g/mol. The minimum Gasteiger partial charge on any atom is -0.309 e. The molecule has 0 spiro atoms. The van der Waals surface area contributed by atoms with Gasteiger partial charge in [0.05, 0.1) is 6.42 Å². The van der Waals surface area contributed by atoms with Gasteiger partial charge in [0.1, 0.15) is 0 Å². The maximum absolute atomic E-state index is 11.8. The van der Waals surface area contributed by atoms with Crippen molar-refractivity contribution in [1.29, 1.82) is 0 Å². The van der Waals surface area contributed by atoms with Crippen molar-refractivity contribution in [3.05, 3.63) is 46.1 Å². The Labute approximate surface area is 114 Å². The molecular formula is C13H14BrN3O. The van der Waals surface area contributed by atoms with Gasteiger partial charge in [0, 0.05) is 23.3 Å². The number of rotatable bonds is 3. The van der Waals surface area contributed by atoms with Crippen LogP contribution in [0.2, 0.25) is 0 Å². The fraction of sp³-hybridized carbons (Fsp3) is 0.231. The van der Waals surface area contributed by atoms with E-state index in [1.807, 2.05) is 44.3 Å². The largest absolute Gasteiger partial charge is 0.309 e. The summed E-state index contributed by atoms with van der Waals surface area (Å²) in [5.41, 5.74) is 1.98. The molecule has 5 heteroatoms. The van der Waals surface area contributed by atoms with Gasteiger partial charge in [-0.2, -0.15) is 5.10 Å². The number of benzene rings is 1. The molecule has 0 bridgehead atoms. The molecule has 0 unspecified atom stereocenters. The van der Waals surface area contributed by atoms with E-state index in [0.717, 1.165) is 15.7 Å². The summed E-state index contributed by atoms with van der Waals surface area (Å²) in [7, 11) is 1.85. The lowest BCUT2D eigenvalue weighted by Gasteiger charge is -2.02. The van der Waals surface area contributed by atoms with Crippen LogP contribution in [0.15, 0.2) is 34.8 Å². The highest BCUT2D eigenvalue weighted by Crippen LogP contribution is 2.12. The zero-order valence-corrected chi connectivity index (χ0v) is 11.9. The Hall–Kier alpha value is -1.62. The Bertz CT molecular complexity index is 541. The van der Waals surface area contributed by atoms with E-state index in [4.69, 9.17) is 0 Å². The summed E-state index contributed by atoms with van der Waals surface area (Å²) in [6, 6.07) is 9.54. The van der Waals surface area contributed by atoms with Crippen LogP contribution in [0.5, 0.6) is 0 Å². The lowest BCUT2D eigenvalue weighted by atomic mass is 10.1. The molecule has 18 heavy (non-hydrogen) atoms. The van der Waals surface area contributed by atoms with Gasteiger partial charge in [-0.3, -0.25) is 9.48 Å². The first-order chi connectivity index (χ1) is 8.54. The highest BCUT2D eigenvalue weighted by molar-refractivity contribution is 9.10. The molecule has 94 valence electrons. The van der Waals surface area contributed by atoms with Gasteiger partial charge in [-0.05, 0) is 24.6 Å². The van der Waals surface area contributed by atoms with Crippen molar-refractivity contribution in [3.63, 3.8) is 0 Å². The number of amides is 1. The smallest absolute Gasteiger partial charge is 0.229 e. The van der Waals surface area contributed by atoms with Crippen LogP contribution in [-0.2, 0) is 18.3 Å². The van der Waals surface area contributed by atoms with Gasteiger partial charge < -0.3 is 5.32 Å². The van der Waals surface area contributed by atoms with E-state index in [1.54, 1.807) is 4.68 Å². The number of aryl methyl sites for hydroxylation is 2. The molecule has 1 heterocycles. The minimum atomic E-state index is -0.0598. The average Bonchev–Trinajstić information content (AvgIpc) is 2.61. The Balaban J connectivity index is 1.98. The third-order valence-electron chi connectivity index (χ3n) is 2.66. The number of aromatic nitrogens is 2. The number of nitrogens with one attached hydrogen (secondary N) is 1. The third-order valence-corrected chi connectivity index (χ3v) is 3.19. The van der Waals surface area contributed by atoms with Crippen molar-refractivity contribution in [2.24, 2.45) is 7.05 Å². The van der Waals surface area contributed by atoms with Crippen LogP contribution in [0.3, 0.4) is 0 Å². The summed E-state index contributed by atoms with van der Waals surface area (Å²) < 4.78 is 2.74. The van der Waals surface area contributed by atoms with Crippen molar-refractivity contribution < 1.29 is 4.79 Å². The Morgan fingerprint density at radius 1 is 1.39 bits per heavy atom. The summed E-state index contributed by atoms with van der Waals surface area (Å²) >= 11 is 3.36. The zero-order chi connectivity index (χ0) is 13.1. The molecule has 0 aliphatic rings. The molecule has 0 aliphatic heterocycles. The van der Waals surface area contributed by atoms with E-state index in [2.05, 4.69) is 26.3 Å². The van der Waals surface area contributed by atoms with Crippen LogP contribution < -0.4 is 5.32 Å². The zero-order valence-electron chi connectivity index (χ0n) is 10.3. The van der Waals surface area contributed by atoms with Crippen molar-refractivity contribution >= 4 is 27.7 Å². The molecule has 0 saturated heterocycles.